The number of hydrogen-bond donors (Lipinski definition) is 1. The Morgan fingerprint density at radius 1 is 0.694 bits per heavy atom. The zero-order chi connectivity index (χ0) is 34.5. The summed E-state index contributed by atoms with van der Waals surface area (Å²) >= 11 is 5.91. The molecule has 12 heteroatoms. The Kier molecular flexibility index (Phi) is 9.75. The van der Waals surface area contributed by atoms with Crippen molar-refractivity contribution >= 4 is 43.7 Å². The molecule has 0 fully saturated rings. The van der Waals surface area contributed by atoms with E-state index >= 15 is 0 Å². The van der Waals surface area contributed by atoms with Gasteiger partial charge in [-0.05, 0) is 77.4 Å². The maximum Gasteiger partial charge on any atom is 0.244 e. The standard InChI is InChI=1S/C22H19ClN2O4S.C15H14N2O2/c1-28-20-10-7-16(12-21(20)29-2)19-13-25(22-18(19)4-3-11-24-22)30(26,27)14-15-5-8-17(23)9-6-15;1-18-13-6-5-10(8-14(13)19-2)12-9-17-15-11(12)4-3-7-16-15/h3-13H,14H2,1-2H3;3-9H,1-2H3,(H,16,17). The van der Waals surface area contributed by atoms with Crippen LogP contribution in [0.5, 0.6) is 23.0 Å². The summed E-state index contributed by atoms with van der Waals surface area (Å²) in [4.78, 5) is 11.8. The molecule has 0 saturated carbocycles. The number of ether oxygens (including phenoxy) is 4. The number of nitrogens with one attached hydrogen (secondary N) is 1. The normalized spacial score (nSPS) is 11.2. The molecule has 0 amide bonds. The third kappa shape index (κ3) is 6.89. The molecule has 0 unspecified atom stereocenters. The zero-order valence-electron chi connectivity index (χ0n) is 27.2. The van der Waals surface area contributed by atoms with Crippen molar-refractivity contribution in [3.63, 3.8) is 0 Å². The first-order valence-electron chi connectivity index (χ1n) is 15.1. The van der Waals surface area contributed by atoms with Crippen molar-refractivity contribution in [1.29, 1.82) is 0 Å². The zero-order valence-corrected chi connectivity index (χ0v) is 28.7. The van der Waals surface area contributed by atoms with Crippen molar-refractivity contribution in [2.24, 2.45) is 0 Å². The summed E-state index contributed by atoms with van der Waals surface area (Å²) in [6.07, 6.45) is 6.91. The number of benzene rings is 3. The minimum atomic E-state index is -3.71. The molecule has 0 aliphatic carbocycles. The van der Waals surface area contributed by atoms with Crippen molar-refractivity contribution in [3.05, 3.63) is 120 Å². The fourth-order valence-corrected chi connectivity index (χ4v) is 7.09. The Labute approximate surface area is 288 Å². The number of hydrogen-bond acceptors (Lipinski definition) is 8. The quantitative estimate of drug-likeness (QED) is 0.161. The highest BCUT2D eigenvalue weighted by Crippen LogP contribution is 2.37. The van der Waals surface area contributed by atoms with Gasteiger partial charge in [0.2, 0.25) is 10.0 Å². The van der Waals surface area contributed by atoms with Crippen molar-refractivity contribution in [3.8, 4) is 45.3 Å². The van der Waals surface area contributed by atoms with Gasteiger partial charge in [0.15, 0.2) is 28.6 Å². The summed E-state index contributed by atoms with van der Waals surface area (Å²) in [6, 6.07) is 25.7. The van der Waals surface area contributed by atoms with Crippen LogP contribution >= 0.6 is 11.6 Å². The van der Waals surface area contributed by atoms with E-state index in [-0.39, 0.29) is 5.75 Å². The van der Waals surface area contributed by atoms with E-state index in [1.165, 1.54) is 3.97 Å². The number of aromatic nitrogens is 4. The average Bonchev–Trinajstić information content (AvgIpc) is 3.75. The van der Waals surface area contributed by atoms with Gasteiger partial charge in [-0.3, -0.25) is 0 Å². The molecule has 0 atom stereocenters. The number of H-pyrrole nitrogens is 1. The summed E-state index contributed by atoms with van der Waals surface area (Å²) in [5, 5.41) is 2.37. The van der Waals surface area contributed by atoms with Crippen molar-refractivity contribution in [2.45, 2.75) is 5.75 Å². The Hall–Kier alpha value is -5.52. The first-order valence-corrected chi connectivity index (χ1v) is 17.1. The molecule has 250 valence electrons. The molecule has 49 heavy (non-hydrogen) atoms. The van der Waals surface area contributed by atoms with Crippen LogP contribution < -0.4 is 18.9 Å². The molecule has 0 aliphatic heterocycles. The third-order valence-electron chi connectivity index (χ3n) is 7.93. The lowest BCUT2D eigenvalue weighted by molar-refractivity contribution is 0.355. The first kappa shape index (κ1) is 33.4. The lowest BCUT2D eigenvalue weighted by Crippen LogP contribution is -2.14. The number of halogens is 1. The van der Waals surface area contributed by atoms with Gasteiger partial charge in [-0.25, -0.2) is 22.4 Å². The van der Waals surface area contributed by atoms with Gasteiger partial charge in [-0.15, -0.1) is 0 Å². The lowest BCUT2D eigenvalue weighted by atomic mass is 10.1. The molecular weight excluding hydrogens is 664 g/mol. The maximum atomic E-state index is 13.2. The van der Waals surface area contributed by atoms with Crippen LogP contribution in [0.4, 0.5) is 0 Å². The highest BCUT2D eigenvalue weighted by atomic mass is 35.5. The van der Waals surface area contributed by atoms with Crippen LogP contribution in [0.25, 0.3) is 44.3 Å². The third-order valence-corrected chi connectivity index (χ3v) is 9.76. The number of aromatic amines is 1. The van der Waals surface area contributed by atoms with Crippen LogP contribution in [0.15, 0.2) is 110 Å². The Morgan fingerprint density at radius 2 is 1.27 bits per heavy atom. The Bertz CT molecular complexity index is 2350. The van der Waals surface area contributed by atoms with Gasteiger partial charge < -0.3 is 23.9 Å². The van der Waals surface area contributed by atoms with Gasteiger partial charge in [0.25, 0.3) is 0 Å². The van der Waals surface area contributed by atoms with Crippen LogP contribution in [0.2, 0.25) is 5.02 Å². The largest absolute Gasteiger partial charge is 0.493 e. The van der Waals surface area contributed by atoms with E-state index in [1.807, 2.05) is 54.7 Å². The van der Waals surface area contributed by atoms with Gasteiger partial charge in [0.05, 0.1) is 34.2 Å². The lowest BCUT2D eigenvalue weighted by Gasteiger charge is -2.09. The number of methoxy groups -OCH3 is 4. The summed E-state index contributed by atoms with van der Waals surface area (Å²) in [6.45, 7) is 0. The molecule has 0 bridgehead atoms. The van der Waals surface area contributed by atoms with Crippen LogP contribution in [0, 0.1) is 0 Å². The first-order chi connectivity index (χ1) is 23.8. The number of rotatable bonds is 9. The van der Waals surface area contributed by atoms with Crippen LogP contribution in [-0.4, -0.2) is 55.8 Å². The van der Waals surface area contributed by atoms with Crippen molar-refractivity contribution in [1.82, 2.24) is 18.9 Å². The fourth-order valence-electron chi connectivity index (χ4n) is 5.54. The van der Waals surface area contributed by atoms with E-state index in [4.69, 9.17) is 30.5 Å². The Balaban J connectivity index is 0.000000188. The second-order valence-electron chi connectivity index (χ2n) is 10.8. The second-order valence-corrected chi connectivity index (χ2v) is 13.1. The van der Waals surface area contributed by atoms with Crippen LogP contribution in [0.3, 0.4) is 0 Å². The van der Waals surface area contributed by atoms with Crippen LogP contribution in [0.1, 0.15) is 5.56 Å². The SMILES string of the molecule is COc1ccc(-c2c[nH]c3ncccc23)cc1OC.COc1ccc(-c2cn(S(=O)(=O)Cc3ccc(Cl)cc3)c3ncccc23)cc1OC. The molecule has 0 saturated heterocycles. The minimum Gasteiger partial charge on any atom is -0.493 e. The molecule has 7 rings (SSSR count). The Morgan fingerprint density at radius 3 is 1.88 bits per heavy atom. The summed E-state index contributed by atoms with van der Waals surface area (Å²) in [7, 11) is 2.68. The molecule has 7 aromatic rings. The van der Waals surface area contributed by atoms with E-state index in [0.29, 0.717) is 27.7 Å². The molecule has 4 aromatic heterocycles. The van der Waals surface area contributed by atoms with Crippen LogP contribution in [-0.2, 0) is 15.8 Å². The van der Waals surface area contributed by atoms with E-state index < -0.39 is 10.0 Å². The summed E-state index contributed by atoms with van der Waals surface area (Å²) in [5.74, 6) is 2.43. The number of fused-ring (bicyclic) bond motifs is 2. The number of pyridine rings is 2. The molecule has 0 aliphatic rings. The van der Waals surface area contributed by atoms with E-state index in [0.717, 1.165) is 50.2 Å². The molecule has 0 radical (unpaired) electrons. The smallest absolute Gasteiger partial charge is 0.244 e. The molecule has 10 nitrogen and oxygen atoms in total. The van der Waals surface area contributed by atoms with Gasteiger partial charge in [0, 0.05) is 51.7 Å². The van der Waals surface area contributed by atoms with Gasteiger partial charge >= 0.3 is 0 Å². The molecule has 0 spiro atoms. The molecule has 3 aromatic carbocycles. The maximum absolute atomic E-state index is 13.2. The van der Waals surface area contributed by atoms with Gasteiger partial charge in [-0.1, -0.05) is 35.9 Å². The van der Waals surface area contributed by atoms with Gasteiger partial charge in [0.1, 0.15) is 5.65 Å². The van der Waals surface area contributed by atoms with E-state index in [9.17, 15) is 8.42 Å². The summed E-state index contributed by atoms with van der Waals surface area (Å²) in [5.41, 5.74) is 5.60. The molecular formula is C37H33ClN4O6S. The van der Waals surface area contributed by atoms with E-state index in [1.54, 1.807) is 83.4 Å². The minimum absolute atomic E-state index is 0.171. The number of nitrogens with zero attached hydrogens (tertiary/aromatic N) is 3. The second kappa shape index (κ2) is 14.3. The highest BCUT2D eigenvalue weighted by molar-refractivity contribution is 7.89. The van der Waals surface area contributed by atoms with Crippen molar-refractivity contribution < 1.29 is 27.4 Å². The highest BCUT2D eigenvalue weighted by Gasteiger charge is 2.22. The van der Waals surface area contributed by atoms with Gasteiger partial charge in [-0.2, -0.15) is 0 Å². The predicted octanol–water partition coefficient (Wildman–Crippen LogP) is 8.00. The molecule has 1 N–H and O–H groups in total. The van der Waals surface area contributed by atoms with Crippen molar-refractivity contribution in [2.75, 3.05) is 28.4 Å². The monoisotopic (exact) mass is 696 g/mol. The average molecular weight is 697 g/mol. The predicted molar refractivity (Wildman–Crippen MR) is 192 cm³/mol. The fraction of sp³-hybridized carbons (Fsp3) is 0.135. The molecule has 4 heterocycles. The topological polar surface area (TPSA) is 118 Å². The van der Waals surface area contributed by atoms with E-state index in [2.05, 4.69) is 15.0 Å². The summed E-state index contributed by atoms with van der Waals surface area (Å²) < 4.78 is 49.0.